The molecule has 184 valence electrons. The molecule has 36 heavy (non-hydrogen) atoms. The van der Waals surface area contributed by atoms with Crippen LogP contribution >= 0.6 is 15.9 Å². The molecule has 2 N–H and O–H groups in total. The number of carbonyl (C=O) groups excluding carboxylic acids is 1. The Morgan fingerprint density at radius 3 is 2.25 bits per heavy atom. The van der Waals surface area contributed by atoms with Gasteiger partial charge in [-0.3, -0.25) is 4.79 Å². The lowest BCUT2D eigenvalue weighted by Crippen LogP contribution is -2.38. The number of aliphatic hydroxyl groups is 2. The highest BCUT2D eigenvalue weighted by Crippen LogP contribution is 2.39. The number of hydrogen-bond donors (Lipinski definition) is 2. The minimum Gasteiger partial charge on any atom is -0.489 e. The van der Waals surface area contributed by atoms with Gasteiger partial charge in [0, 0.05) is 15.6 Å². The van der Waals surface area contributed by atoms with Crippen molar-refractivity contribution < 1.29 is 19.7 Å². The fourth-order valence-corrected chi connectivity index (χ4v) is 4.65. The Balaban J connectivity index is 1.81. The monoisotopic (exact) mass is 544 g/mol. The van der Waals surface area contributed by atoms with Crippen LogP contribution in [0.5, 0.6) is 5.75 Å². The van der Waals surface area contributed by atoms with E-state index in [2.05, 4.69) is 15.9 Å². The molecule has 0 aliphatic carbocycles. The molecule has 4 aromatic rings. The van der Waals surface area contributed by atoms with Crippen molar-refractivity contribution in [3.05, 3.63) is 135 Å². The molecule has 0 aliphatic rings. The number of halogens is 1. The maximum atomic E-state index is 14.2. The van der Waals surface area contributed by atoms with Gasteiger partial charge in [-0.1, -0.05) is 103 Å². The second-order valence-corrected chi connectivity index (χ2v) is 9.96. The van der Waals surface area contributed by atoms with E-state index in [0.29, 0.717) is 34.6 Å². The van der Waals surface area contributed by atoms with Crippen molar-refractivity contribution in [3.63, 3.8) is 0 Å². The lowest BCUT2D eigenvalue weighted by Gasteiger charge is -2.31. The largest absolute Gasteiger partial charge is 0.489 e. The Hall–Kier alpha value is -3.25. The van der Waals surface area contributed by atoms with Crippen molar-refractivity contribution in [2.75, 3.05) is 0 Å². The van der Waals surface area contributed by atoms with E-state index in [9.17, 15) is 15.0 Å². The SMILES string of the molecule is CC(C)c1ccccc1C(=O)C(O)(c1ccc(Br)cc1)c1ccc(OCc2ccccc2)cc1CO. The Kier molecular flexibility index (Phi) is 8.04. The van der Waals surface area contributed by atoms with Gasteiger partial charge in [0.15, 0.2) is 5.60 Å². The summed E-state index contributed by atoms with van der Waals surface area (Å²) in [4.78, 5) is 14.2. The van der Waals surface area contributed by atoms with Gasteiger partial charge in [0.05, 0.1) is 6.61 Å². The number of rotatable bonds is 9. The Bertz CT molecular complexity index is 1330. The highest BCUT2D eigenvalue weighted by molar-refractivity contribution is 9.10. The van der Waals surface area contributed by atoms with Crippen LogP contribution in [0.4, 0.5) is 0 Å². The summed E-state index contributed by atoms with van der Waals surface area (Å²) in [5, 5.41) is 22.6. The third-order valence-electron chi connectivity index (χ3n) is 6.30. The molecule has 4 aromatic carbocycles. The second kappa shape index (κ2) is 11.2. The van der Waals surface area contributed by atoms with E-state index in [0.717, 1.165) is 15.6 Å². The number of benzene rings is 4. The summed E-state index contributed by atoms with van der Waals surface area (Å²) in [7, 11) is 0. The summed E-state index contributed by atoms with van der Waals surface area (Å²) in [5.74, 6) is 0.187. The number of Topliss-reactive ketones (excluding diaryl/α,β-unsaturated/α-hetero) is 1. The molecule has 1 unspecified atom stereocenters. The van der Waals surface area contributed by atoms with Gasteiger partial charge in [0.1, 0.15) is 12.4 Å². The molecule has 0 radical (unpaired) electrons. The van der Waals surface area contributed by atoms with Crippen LogP contribution in [0.1, 0.15) is 57.9 Å². The Labute approximate surface area is 220 Å². The first-order valence-corrected chi connectivity index (χ1v) is 12.7. The molecule has 0 heterocycles. The van der Waals surface area contributed by atoms with E-state index in [4.69, 9.17) is 4.74 Å². The highest BCUT2D eigenvalue weighted by atomic mass is 79.9. The summed E-state index contributed by atoms with van der Waals surface area (Å²) < 4.78 is 6.76. The van der Waals surface area contributed by atoms with Crippen molar-refractivity contribution in [1.82, 2.24) is 0 Å². The summed E-state index contributed by atoms with van der Waals surface area (Å²) in [6.07, 6.45) is 0. The van der Waals surface area contributed by atoms with Gasteiger partial charge in [0.2, 0.25) is 5.78 Å². The van der Waals surface area contributed by atoms with Crippen molar-refractivity contribution in [2.24, 2.45) is 0 Å². The fourth-order valence-electron chi connectivity index (χ4n) is 4.39. The second-order valence-electron chi connectivity index (χ2n) is 9.04. The van der Waals surface area contributed by atoms with Crippen LogP contribution in [-0.4, -0.2) is 16.0 Å². The van der Waals surface area contributed by atoms with E-state index in [1.165, 1.54) is 0 Å². The number of aliphatic hydroxyl groups excluding tert-OH is 1. The van der Waals surface area contributed by atoms with Gasteiger partial charge in [-0.15, -0.1) is 0 Å². The normalized spacial score (nSPS) is 12.8. The number of ketones is 1. The molecular weight excluding hydrogens is 516 g/mol. The average Bonchev–Trinajstić information content (AvgIpc) is 2.91. The highest BCUT2D eigenvalue weighted by Gasteiger charge is 2.42. The number of hydrogen-bond acceptors (Lipinski definition) is 4. The Morgan fingerprint density at radius 1 is 0.917 bits per heavy atom. The summed E-state index contributed by atoms with van der Waals surface area (Å²) in [6, 6.07) is 29.2. The molecule has 0 saturated heterocycles. The summed E-state index contributed by atoms with van der Waals surface area (Å²) in [5.41, 5.74) is 1.46. The standard InChI is InChI=1S/C31H29BrO4/c1-21(2)27-10-6-7-11-28(27)30(34)31(35,24-12-14-25(32)15-13-24)29-17-16-26(18-23(29)19-33)36-20-22-8-4-3-5-9-22/h3-18,21,33,35H,19-20H2,1-2H3. The van der Waals surface area contributed by atoms with E-state index in [-0.39, 0.29) is 12.5 Å². The smallest absolute Gasteiger partial charge is 0.203 e. The van der Waals surface area contributed by atoms with Crippen LogP contribution in [0.15, 0.2) is 102 Å². The molecule has 1 atom stereocenters. The molecule has 0 aromatic heterocycles. The van der Waals surface area contributed by atoms with Gasteiger partial charge in [-0.2, -0.15) is 0 Å². The molecule has 4 rings (SSSR count). The van der Waals surface area contributed by atoms with Gasteiger partial charge >= 0.3 is 0 Å². The minimum absolute atomic E-state index is 0.0883. The molecule has 4 nitrogen and oxygen atoms in total. The topological polar surface area (TPSA) is 66.8 Å². The number of ether oxygens (including phenoxy) is 1. The molecular formula is C31H29BrO4. The van der Waals surface area contributed by atoms with Crippen LogP contribution < -0.4 is 4.74 Å². The molecule has 0 aliphatic heterocycles. The third kappa shape index (κ3) is 5.29. The summed E-state index contributed by atoms with van der Waals surface area (Å²) in [6.45, 7) is 4.03. The predicted molar refractivity (Wildman–Crippen MR) is 145 cm³/mol. The van der Waals surface area contributed by atoms with Crippen LogP contribution in [0.25, 0.3) is 0 Å². The Morgan fingerprint density at radius 2 is 1.58 bits per heavy atom. The number of carbonyl (C=O) groups is 1. The van der Waals surface area contributed by atoms with Crippen LogP contribution in [0, 0.1) is 0 Å². The maximum Gasteiger partial charge on any atom is 0.203 e. The lowest BCUT2D eigenvalue weighted by atomic mass is 9.76. The minimum atomic E-state index is -2.01. The first kappa shape index (κ1) is 25.8. The van der Waals surface area contributed by atoms with E-state index < -0.39 is 11.4 Å². The molecule has 5 heteroatoms. The van der Waals surface area contributed by atoms with Gasteiger partial charge in [0.25, 0.3) is 0 Å². The first-order chi connectivity index (χ1) is 17.3. The van der Waals surface area contributed by atoms with Crippen LogP contribution in [0.2, 0.25) is 0 Å². The van der Waals surface area contributed by atoms with E-state index in [1.807, 2.05) is 56.3 Å². The van der Waals surface area contributed by atoms with Crippen molar-refractivity contribution in [1.29, 1.82) is 0 Å². The quantitative estimate of drug-likeness (QED) is 0.228. The van der Waals surface area contributed by atoms with Crippen molar-refractivity contribution in [2.45, 2.75) is 38.6 Å². The lowest BCUT2D eigenvalue weighted by molar-refractivity contribution is 0.0478. The third-order valence-corrected chi connectivity index (χ3v) is 6.83. The maximum absolute atomic E-state index is 14.2. The van der Waals surface area contributed by atoms with Crippen molar-refractivity contribution in [3.8, 4) is 5.75 Å². The molecule has 0 saturated carbocycles. The van der Waals surface area contributed by atoms with Crippen LogP contribution in [0.3, 0.4) is 0 Å². The molecule has 0 fully saturated rings. The molecule has 0 spiro atoms. The zero-order chi connectivity index (χ0) is 25.7. The molecule has 0 amide bonds. The first-order valence-electron chi connectivity index (χ1n) is 11.9. The fraction of sp³-hybridized carbons (Fsp3) is 0.194. The van der Waals surface area contributed by atoms with E-state index in [1.54, 1.807) is 54.6 Å². The van der Waals surface area contributed by atoms with Gasteiger partial charge in [-0.25, -0.2) is 0 Å². The predicted octanol–water partition coefficient (Wildman–Crippen LogP) is 6.76. The zero-order valence-corrected chi connectivity index (χ0v) is 21.9. The zero-order valence-electron chi connectivity index (χ0n) is 20.3. The van der Waals surface area contributed by atoms with Crippen LogP contribution in [-0.2, 0) is 18.8 Å². The van der Waals surface area contributed by atoms with E-state index >= 15 is 0 Å². The van der Waals surface area contributed by atoms with Crippen molar-refractivity contribution >= 4 is 21.7 Å². The van der Waals surface area contributed by atoms with Gasteiger partial charge < -0.3 is 14.9 Å². The molecule has 0 bridgehead atoms. The summed E-state index contributed by atoms with van der Waals surface area (Å²) >= 11 is 3.43. The average molecular weight is 545 g/mol. The van der Waals surface area contributed by atoms with Gasteiger partial charge in [-0.05, 0) is 52.4 Å².